The minimum absolute atomic E-state index is 0.0764. The Balaban J connectivity index is 3.77. The van der Waals surface area contributed by atoms with E-state index >= 15 is 0 Å². The Bertz CT molecular complexity index is 141. The van der Waals surface area contributed by atoms with Crippen LogP contribution >= 0.6 is 0 Å². The topological polar surface area (TPSA) is 69.1 Å². The average molecular weight is 142 g/mol. The SMILES string of the molecule is CC(C)C(N)/C=C/C(N)=O. The van der Waals surface area contributed by atoms with Crippen LogP contribution in [0.25, 0.3) is 0 Å². The number of carbonyl (C=O) groups excluding carboxylic acids is 1. The van der Waals surface area contributed by atoms with Gasteiger partial charge >= 0.3 is 0 Å². The molecular weight excluding hydrogens is 128 g/mol. The molecule has 0 spiro atoms. The van der Waals surface area contributed by atoms with Gasteiger partial charge in [-0.25, -0.2) is 0 Å². The molecule has 0 rings (SSSR count). The lowest BCUT2D eigenvalue weighted by Gasteiger charge is -2.08. The summed E-state index contributed by atoms with van der Waals surface area (Å²) in [4.78, 5) is 10.2. The molecule has 3 nitrogen and oxygen atoms in total. The van der Waals surface area contributed by atoms with Gasteiger partial charge in [0.2, 0.25) is 5.91 Å². The van der Waals surface area contributed by atoms with Crippen LogP contribution in [0.5, 0.6) is 0 Å². The van der Waals surface area contributed by atoms with E-state index in [1.54, 1.807) is 6.08 Å². The molecule has 0 radical (unpaired) electrons. The van der Waals surface area contributed by atoms with Crippen molar-refractivity contribution in [1.82, 2.24) is 0 Å². The Morgan fingerprint density at radius 1 is 1.50 bits per heavy atom. The van der Waals surface area contributed by atoms with Gasteiger partial charge in [0.05, 0.1) is 0 Å². The minimum Gasteiger partial charge on any atom is -0.366 e. The van der Waals surface area contributed by atoms with E-state index < -0.39 is 5.91 Å². The molecule has 0 aromatic carbocycles. The lowest BCUT2D eigenvalue weighted by molar-refractivity contribution is -0.113. The van der Waals surface area contributed by atoms with Gasteiger partial charge < -0.3 is 11.5 Å². The Morgan fingerprint density at radius 2 is 2.00 bits per heavy atom. The van der Waals surface area contributed by atoms with Crippen molar-refractivity contribution in [3.63, 3.8) is 0 Å². The normalized spacial score (nSPS) is 14.4. The van der Waals surface area contributed by atoms with E-state index in [1.165, 1.54) is 6.08 Å². The van der Waals surface area contributed by atoms with Crippen molar-refractivity contribution >= 4 is 5.91 Å². The van der Waals surface area contributed by atoms with Crippen LogP contribution in [-0.2, 0) is 4.79 Å². The first-order valence-electron chi connectivity index (χ1n) is 3.27. The molecule has 0 heterocycles. The van der Waals surface area contributed by atoms with Crippen LogP contribution in [0, 0.1) is 5.92 Å². The van der Waals surface area contributed by atoms with Crippen molar-refractivity contribution in [2.75, 3.05) is 0 Å². The first-order chi connectivity index (χ1) is 4.54. The van der Waals surface area contributed by atoms with Crippen molar-refractivity contribution in [3.05, 3.63) is 12.2 Å². The molecular formula is C7H14N2O. The van der Waals surface area contributed by atoms with Crippen molar-refractivity contribution < 1.29 is 4.79 Å². The molecule has 1 unspecified atom stereocenters. The standard InChI is InChI=1S/C7H14N2O/c1-5(2)6(8)3-4-7(9)10/h3-6H,8H2,1-2H3,(H2,9,10)/b4-3+. The molecule has 1 amide bonds. The van der Waals surface area contributed by atoms with Crippen LogP contribution in [0.4, 0.5) is 0 Å². The monoisotopic (exact) mass is 142 g/mol. The summed E-state index contributed by atoms with van der Waals surface area (Å²) < 4.78 is 0. The molecule has 0 saturated heterocycles. The number of amides is 1. The lowest BCUT2D eigenvalue weighted by Crippen LogP contribution is -2.24. The number of nitrogens with two attached hydrogens (primary N) is 2. The maximum absolute atomic E-state index is 10.2. The Kier molecular flexibility index (Phi) is 3.72. The zero-order valence-electron chi connectivity index (χ0n) is 6.37. The van der Waals surface area contributed by atoms with Crippen molar-refractivity contribution in [1.29, 1.82) is 0 Å². The molecule has 4 N–H and O–H groups in total. The van der Waals surface area contributed by atoms with E-state index in [0.717, 1.165) is 0 Å². The predicted octanol–water partition coefficient (Wildman–Crippen LogP) is 0.0112. The van der Waals surface area contributed by atoms with Crippen LogP contribution in [0.2, 0.25) is 0 Å². The molecule has 0 aliphatic rings. The van der Waals surface area contributed by atoms with Crippen LogP contribution in [-0.4, -0.2) is 11.9 Å². The van der Waals surface area contributed by atoms with Gasteiger partial charge in [-0.15, -0.1) is 0 Å². The molecule has 0 aliphatic heterocycles. The molecule has 0 aromatic rings. The number of hydrogen-bond acceptors (Lipinski definition) is 2. The smallest absolute Gasteiger partial charge is 0.241 e. The Morgan fingerprint density at radius 3 is 2.30 bits per heavy atom. The third kappa shape index (κ3) is 4.09. The van der Waals surface area contributed by atoms with E-state index in [9.17, 15) is 4.79 Å². The second kappa shape index (κ2) is 4.06. The molecule has 3 heteroatoms. The van der Waals surface area contributed by atoms with E-state index in [2.05, 4.69) is 0 Å². The zero-order valence-corrected chi connectivity index (χ0v) is 6.37. The van der Waals surface area contributed by atoms with Gasteiger partial charge in [0, 0.05) is 12.1 Å². The van der Waals surface area contributed by atoms with Crippen molar-refractivity contribution in [3.8, 4) is 0 Å². The molecule has 0 aromatic heterocycles. The van der Waals surface area contributed by atoms with Gasteiger partial charge in [-0.2, -0.15) is 0 Å². The van der Waals surface area contributed by atoms with Gasteiger partial charge in [-0.3, -0.25) is 4.79 Å². The summed E-state index contributed by atoms with van der Waals surface area (Å²) in [6.45, 7) is 3.96. The quantitative estimate of drug-likeness (QED) is 0.545. The van der Waals surface area contributed by atoms with Crippen LogP contribution < -0.4 is 11.5 Å². The molecule has 1 atom stereocenters. The maximum atomic E-state index is 10.2. The second-order valence-electron chi connectivity index (χ2n) is 2.58. The fraction of sp³-hybridized carbons (Fsp3) is 0.571. The lowest BCUT2D eigenvalue weighted by atomic mass is 10.1. The molecule has 58 valence electrons. The summed E-state index contributed by atoms with van der Waals surface area (Å²) in [7, 11) is 0. The molecule has 0 fully saturated rings. The van der Waals surface area contributed by atoms with Gasteiger partial charge in [-0.1, -0.05) is 19.9 Å². The fourth-order valence-corrected chi connectivity index (χ4v) is 0.428. The predicted molar refractivity (Wildman–Crippen MR) is 41.1 cm³/mol. The van der Waals surface area contributed by atoms with Gasteiger partial charge in [0.15, 0.2) is 0 Å². The molecule has 0 saturated carbocycles. The fourth-order valence-electron chi connectivity index (χ4n) is 0.428. The number of hydrogen-bond donors (Lipinski definition) is 2. The third-order valence-corrected chi connectivity index (χ3v) is 1.25. The maximum Gasteiger partial charge on any atom is 0.241 e. The number of rotatable bonds is 3. The highest BCUT2D eigenvalue weighted by molar-refractivity contribution is 5.85. The highest BCUT2D eigenvalue weighted by Crippen LogP contribution is 1.98. The largest absolute Gasteiger partial charge is 0.366 e. The van der Waals surface area contributed by atoms with Gasteiger partial charge in [-0.05, 0) is 5.92 Å². The summed E-state index contributed by atoms with van der Waals surface area (Å²) in [5, 5.41) is 0. The van der Waals surface area contributed by atoms with Gasteiger partial charge in [0.1, 0.15) is 0 Å². The number of primary amides is 1. The molecule has 10 heavy (non-hydrogen) atoms. The summed E-state index contributed by atoms with van der Waals surface area (Å²) in [5.74, 6) is -0.105. The van der Waals surface area contributed by atoms with E-state index in [0.29, 0.717) is 5.92 Å². The number of carbonyl (C=O) groups is 1. The van der Waals surface area contributed by atoms with Crippen molar-refractivity contribution in [2.45, 2.75) is 19.9 Å². The average Bonchev–Trinajstić information content (AvgIpc) is 1.82. The van der Waals surface area contributed by atoms with E-state index in [-0.39, 0.29) is 6.04 Å². The summed E-state index contributed by atoms with van der Waals surface area (Å²) in [6, 6.07) is -0.0764. The highest BCUT2D eigenvalue weighted by Gasteiger charge is 2.01. The first-order valence-corrected chi connectivity index (χ1v) is 3.27. The highest BCUT2D eigenvalue weighted by atomic mass is 16.1. The molecule has 0 bridgehead atoms. The van der Waals surface area contributed by atoms with Crippen molar-refractivity contribution in [2.24, 2.45) is 17.4 Å². The minimum atomic E-state index is -0.448. The summed E-state index contributed by atoms with van der Waals surface area (Å²) in [6.07, 6.45) is 2.91. The third-order valence-electron chi connectivity index (χ3n) is 1.25. The van der Waals surface area contributed by atoms with Crippen LogP contribution in [0.1, 0.15) is 13.8 Å². The van der Waals surface area contributed by atoms with E-state index in [4.69, 9.17) is 11.5 Å². The second-order valence-corrected chi connectivity index (χ2v) is 2.58. The van der Waals surface area contributed by atoms with E-state index in [1.807, 2.05) is 13.8 Å². The summed E-state index contributed by atoms with van der Waals surface area (Å²) in [5.41, 5.74) is 10.4. The summed E-state index contributed by atoms with van der Waals surface area (Å²) >= 11 is 0. The van der Waals surface area contributed by atoms with Crippen LogP contribution in [0.15, 0.2) is 12.2 Å². The Labute approximate surface area is 61.1 Å². The van der Waals surface area contributed by atoms with Crippen LogP contribution in [0.3, 0.4) is 0 Å². The Hall–Kier alpha value is -0.830. The first kappa shape index (κ1) is 9.17. The zero-order chi connectivity index (χ0) is 8.15. The van der Waals surface area contributed by atoms with Gasteiger partial charge in [0.25, 0.3) is 0 Å². The molecule has 0 aliphatic carbocycles.